The molecule has 0 aliphatic carbocycles. The van der Waals surface area contributed by atoms with Crippen molar-refractivity contribution < 1.29 is 4.43 Å². The summed E-state index contributed by atoms with van der Waals surface area (Å²) in [6.45, 7) is 10.2. The van der Waals surface area contributed by atoms with Crippen LogP contribution in [0.25, 0.3) is 6.08 Å². The van der Waals surface area contributed by atoms with Gasteiger partial charge in [0, 0.05) is 5.56 Å². The summed E-state index contributed by atoms with van der Waals surface area (Å²) in [5.74, 6) is 0.984. The molecule has 0 bridgehead atoms. The van der Waals surface area contributed by atoms with Crippen LogP contribution in [0.5, 0.6) is 5.75 Å². The predicted molar refractivity (Wildman–Crippen MR) is 64.0 cm³/mol. The largest absolute Gasteiger partial charge is 0.542 e. The SMILES string of the molecule is C=Cc1ccc(CC)cc1O[Si](C)C. The maximum absolute atomic E-state index is 5.81. The molecular weight excluding hydrogens is 188 g/mol. The Kier molecular flexibility index (Phi) is 3.95. The Hall–Kier alpha value is -1.02. The summed E-state index contributed by atoms with van der Waals surface area (Å²) in [6, 6.07) is 6.32. The minimum atomic E-state index is -0.691. The Labute approximate surface area is 88.1 Å². The predicted octanol–water partition coefficient (Wildman–Crippen LogP) is 3.52. The highest BCUT2D eigenvalue weighted by Crippen LogP contribution is 2.22. The average molecular weight is 205 g/mol. The van der Waals surface area contributed by atoms with Crippen molar-refractivity contribution in [2.45, 2.75) is 26.4 Å². The van der Waals surface area contributed by atoms with Crippen LogP contribution in [0.15, 0.2) is 24.8 Å². The summed E-state index contributed by atoms with van der Waals surface area (Å²) in [5.41, 5.74) is 2.40. The first-order chi connectivity index (χ1) is 6.67. The van der Waals surface area contributed by atoms with E-state index in [2.05, 4.69) is 44.8 Å². The minimum Gasteiger partial charge on any atom is -0.542 e. The first kappa shape index (κ1) is 11.1. The molecule has 0 aliphatic heterocycles. The van der Waals surface area contributed by atoms with Gasteiger partial charge in [0.25, 0.3) is 9.04 Å². The Bertz CT molecular complexity index is 318. The molecule has 0 amide bonds. The Balaban J connectivity index is 3.01. The lowest BCUT2D eigenvalue weighted by atomic mass is 10.1. The van der Waals surface area contributed by atoms with Crippen LogP contribution < -0.4 is 4.43 Å². The molecule has 75 valence electrons. The molecule has 1 rings (SSSR count). The van der Waals surface area contributed by atoms with Gasteiger partial charge in [0.2, 0.25) is 0 Å². The number of rotatable bonds is 4. The molecule has 2 heteroatoms. The summed E-state index contributed by atoms with van der Waals surface area (Å²) in [7, 11) is -0.691. The molecule has 0 aliphatic rings. The van der Waals surface area contributed by atoms with E-state index in [0.29, 0.717) is 0 Å². The maximum Gasteiger partial charge on any atom is 0.274 e. The maximum atomic E-state index is 5.81. The second-order valence-electron chi connectivity index (χ2n) is 3.44. The third kappa shape index (κ3) is 2.74. The minimum absolute atomic E-state index is 0.691. The second kappa shape index (κ2) is 5.01. The topological polar surface area (TPSA) is 9.23 Å². The number of hydrogen-bond donors (Lipinski definition) is 0. The van der Waals surface area contributed by atoms with Crippen LogP contribution >= 0.6 is 0 Å². The quantitative estimate of drug-likeness (QED) is 0.683. The van der Waals surface area contributed by atoms with Gasteiger partial charge in [-0.15, -0.1) is 0 Å². The zero-order chi connectivity index (χ0) is 10.6. The lowest BCUT2D eigenvalue weighted by molar-refractivity contribution is 0.578. The molecule has 1 radical (unpaired) electrons. The van der Waals surface area contributed by atoms with Crippen LogP contribution in [0.1, 0.15) is 18.1 Å². The van der Waals surface area contributed by atoms with Crippen molar-refractivity contribution in [3.8, 4) is 5.75 Å². The number of aryl methyl sites for hydroxylation is 1. The van der Waals surface area contributed by atoms with Crippen LogP contribution in [0.2, 0.25) is 13.1 Å². The molecule has 1 nitrogen and oxygen atoms in total. The molecule has 0 spiro atoms. The highest BCUT2D eigenvalue weighted by Gasteiger charge is 2.05. The fourth-order valence-electron chi connectivity index (χ4n) is 1.28. The average Bonchev–Trinajstić information content (AvgIpc) is 2.16. The van der Waals surface area contributed by atoms with Gasteiger partial charge in [-0.05, 0) is 31.1 Å². The highest BCUT2D eigenvalue weighted by atomic mass is 28.3. The Morgan fingerprint density at radius 3 is 2.64 bits per heavy atom. The zero-order valence-electron chi connectivity index (χ0n) is 9.13. The van der Waals surface area contributed by atoms with E-state index < -0.39 is 9.04 Å². The molecule has 0 atom stereocenters. The summed E-state index contributed by atoms with van der Waals surface area (Å²) in [4.78, 5) is 0. The molecule has 14 heavy (non-hydrogen) atoms. The summed E-state index contributed by atoms with van der Waals surface area (Å²) in [5, 5.41) is 0. The normalized spacial score (nSPS) is 10.3. The van der Waals surface area contributed by atoms with E-state index in [1.165, 1.54) is 5.56 Å². The van der Waals surface area contributed by atoms with E-state index in [1.807, 2.05) is 6.08 Å². The summed E-state index contributed by atoms with van der Waals surface area (Å²) >= 11 is 0. The van der Waals surface area contributed by atoms with Crippen LogP contribution in [0.3, 0.4) is 0 Å². The van der Waals surface area contributed by atoms with E-state index in [1.54, 1.807) is 0 Å². The van der Waals surface area contributed by atoms with E-state index in [4.69, 9.17) is 4.43 Å². The highest BCUT2D eigenvalue weighted by molar-refractivity contribution is 6.49. The summed E-state index contributed by atoms with van der Waals surface area (Å²) in [6.07, 6.45) is 2.89. The molecule has 0 aromatic heterocycles. The van der Waals surface area contributed by atoms with Crippen LogP contribution in [0, 0.1) is 0 Å². The zero-order valence-corrected chi connectivity index (χ0v) is 10.1. The van der Waals surface area contributed by atoms with Crippen LogP contribution in [0.4, 0.5) is 0 Å². The fraction of sp³-hybridized carbons (Fsp3) is 0.333. The van der Waals surface area contributed by atoms with Gasteiger partial charge in [-0.2, -0.15) is 0 Å². The van der Waals surface area contributed by atoms with Crippen molar-refractivity contribution in [2.75, 3.05) is 0 Å². The van der Waals surface area contributed by atoms with E-state index >= 15 is 0 Å². The van der Waals surface area contributed by atoms with Crippen LogP contribution in [-0.4, -0.2) is 9.04 Å². The molecule has 0 unspecified atom stereocenters. The number of hydrogen-bond acceptors (Lipinski definition) is 1. The fourth-order valence-corrected chi connectivity index (χ4v) is 1.89. The van der Waals surface area contributed by atoms with Crippen molar-refractivity contribution in [3.63, 3.8) is 0 Å². The van der Waals surface area contributed by atoms with Gasteiger partial charge in [-0.25, -0.2) is 0 Å². The van der Waals surface area contributed by atoms with Gasteiger partial charge >= 0.3 is 0 Å². The van der Waals surface area contributed by atoms with Gasteiger partial charge < -0.3 is 4.43 Å². The van der Waals surface area contributed by atoms with E-state index in [-0.39, 0.29) is 0 Å². The monoisotopic (exact) mass is 205 g/mol. The number of benzene rings is 1. The van der Waals surface area contributed by atoms with Gasteiger partial charge in [-0.1, -0.05) is 31.7 Å². The van der Waals surface area contributed by atoms with Gasteiger partial charge in [0.15, 0.2) is 0 Å². The Morgan fingerprint density at radius 2 is 2.14 bits per heavy atom. The lowest BCUT2D eigenvalue weighted by Crippen LogP contribution is -2.12. The first-order valence-corrected chi connectivity index (χ1v) is 7.31. The van der Waals surface area contributed by atoms with Crippen molar-refractivity contribution in [1.82, 2.24) is 0 Å². The van der Waals surface area contributed by atoms with Crippen molar-refractivity contribution in [3.05, 3.63) is 35.9 Å². The third-order valence-corrected chi connectivity index (χ3v) is 2.65. The van der Waals surface area contributed by atoms with Crippen LogP contribution in [-0.2, 0) is 6.42 Å². The van der Waals surface area contributed by atoms with Crippen molar-refractivity contribution in [1.29, 1.82) is 0 Å². The van der Waals surface area contributed by atoms with Gasteiger partial charge in [-0.3, -0.25) is 0 Å². The molecule has 1 aromatic rings. The molecule has 0 saturated carbocycles. The van der Waals surface area contributed by atoms with Crippen molar-refractivity contribution in [2.24, 2.45) is 0 Å². The van der Waals surface area contributed by atoms with Crippen molar-refractivity contribution >= 4 is 15.1 Å². The molecular formula is C12H17OSi. The molecule has 0 heterocycles. The third-order valence-electron chi connectivity index (χ3n) is 2.02. The van der Waals surface area contributed by atoms with Gasteiger partial charge in [0.1, 0.15) is 5.75 Å². The first-order valence-electron chi connectivity index (χ1n) is 4.90. The smallest absolute Gasteiger partial charge is 0.274 e. The second-order valence-corrected chi connectivity index (χ2v) is 5.46. The Morgan fingerprint density at radius 1 is 1.43 bits per heavy atom. The lowest BCUT2D eigenvalue weighted by Gasteiger charge is -2.12. The van der Waals surface area contributed by atoms with E-state index in [0.717, 1.165) is 17.7 Å². The van der Waals surface area contributed by atoms with Gasteiger partial charge in [0.05, 0.1) is 0 Å². The standard InChI is InChI=1S/C12H17OSi/c1-5-10-7-8-11(6-2)12(9-10)13-14(3)4/h6-9H,2,5H2,1,3-4H3. The van der Waals surface area contributed by atoms with E-state index in [9.17, 15) is 0 Å². The molecule has 1 aromatic carbocycles. The molecule has 0 saturated heterocycles. The molecule has 0 N–H and O–H groups in total. The molecule has 0 fully saturated rings. The summed E-state index contributed by atoms with van der Waals surface area (Å²) < 4.78 is 5.81.